The van der Waals surface area contributed by atoms with Gasteiger partial charge in [0.2, 0.25) is 5.89 Å². The van der Waals surface area contributed by atoms with Crippen LogP contribution in [0.25, 0.3) is 0 Å². The molecule has 1 aromatic heterocycles. The molecular weight excluding hydrogens is 260 g/mol. The van der Waals surface area contributed by atoms with Crippen LogP contribution in [0, 0.1) is 0 Å². The minimum Gasteiger partial charge on any atom is -0.392 e. The monoisotopic (exact) mass is 278 g/mol. The lowest BCUT2D eigenvalue weighted by atomic mass is 10.2. The third kappa shape index (κ3) is 4.36. The molecule has 5 heteroatoms. The Kier molecular flexibility index (Phi) is 5.42. The van der Waals surface area contributed by atoms with Crippen molar-refractivity contribution in [2.75, 3.05) is 0 Å². The molecule has 0 saturated carbocycles. The summed E-state index contributed by atoms with van der Waals surface area (Å²) in [6.45, 7) is 2.22. The summed E-state index contributed by atoms with van der Waals surface area (Å²) in [6, 6.07) is 7.82. The molecule has 0 unspecified atom stereocenters. The Labute approximate surface area is 117 Å². The lowest BCUT2D eigenvalue weighted by Crippen LogP contribution is -1.88. The smallest absolute Gasteiger partial charge is 0.237 e. The van der Waals surface area contributed by atoms with E-state index in [0.717, 1.165) is 35.5 Å². The molecule has 0 amide bonds. The number of aliphatic hydroxyl groups is 1. The van der Waals surface area contributed by atoms with Crippen LogP contribution in [0.1, 0.15) is 37.0 Å². The van der Waals surface area contributed by atoms with E-state index < -0.39 is 0 Å². The van der Waals surface area contributed by atoms with Gasteiger partial charge in [0, 0.05) is 11.3 Å². The Balaban J connectivity index is 1.85. The molecule has 2 aromatic rings. The zero-order valence-electron chi connectivity index (χ0n) is 11.0. The summed E-state index contributed by atoms with van der Waals surface area (Å²) >= 11 is 1.65. The average Bonchev–Trinajstić information content (AvgIpc) is 2.91. The van der Waals surface area contributed by atoms with Gasteiger partial charge in [-0.2, -0.15) is 4.98 Å². The van der Waals surface area contributed by atoms with E-state index in [-0.39, 0.29) is 6.61 Å². The number of thioether (sulfide) groups is 1. The molecule has 0 atom stereocenters. The quantitative estimate of drug-likeness (QED) is 0.788. The molecule has 0 aliphatic rings. The van der Waals surface area contributed by atoms with E-state index in [4.69, 9.17) is 9.63 Å². The number of aliphatic hydroxyl groups excluding tert-OH is 1. The maximum atomic E-state index is 8.97. The van der Waals surface area contributed by atoms with Crippen molar-refractivity contribution in [3.8, 4) is 0 Å². The van der Waals surface area contributed by atoms with Crippen molar-refractivity contribution in [3.05, 3.63) is 41.5 Å². The summed E-state index contributed by atoms with van der Waals surface area (Å²) in [5, 5.41) is 12.9. The van der Waals surface area contributed by atoms with Gasteiger partial charge in [-0.15, -0.1) is 11.8 Å². The molecule has 0 radical (unpaired) electrons. The third-order valence-corrected chi connectivity index (χ3v) is 3.73. The first-order valence-electron chi connectivity index (χ1n) is 6.46. The van der Waals surface area contributed by atoms with Gasteiger partial charge in [0.05, 0.1) is 12.4 Å². The fraction of sp³-hybridized carbons (Fsp3) is 0.429. The summed E-state index contributed by atoms with van der Waals surface area (Å²) < 4.78 is 5.21. The first kappa shape index (κ1) is 14.1. The van der Waals surface area contributed by atoms with Crippen molar-refractivity contribution in [2.45, 2.75) is 43.4 Å². The number of rotatable bonds is 7. The Morgan fingerprint density at radius 1 is 1.26 bits per heavy atom. The Bertz CT molecular complexity index is 496. The van der Waals surface area contributed by atoms with E-state index in [0.29, 0.717) is 11.6 Å². The fourth-order valence-electron chi connectivity index (χ4n) is 1.62. The van der Waals surface area contributed by atoms with E-state index in [1.165, 1.54) is 0 Å². The largest absolute Gasteiger partial charge is 0.392 e. The van der Waals surface area contributed by atoms with Gasteiger partial charge in [-0.05, 0) is 24.1 Å². The minimum absolute atomic E-state index is 0.0788. The summed E-state index contributed by atoms with van der Waals surface area (Å²) in [5.74, 6) is 2.15. The van der Waals surface area contributed by atoms with Gasteiger partial charge in [-0.3, -0.25) is 0 Å². The zero-order valence-corrected chi connectivity index (χ0v) is 11.8. The molecule has 0 saturated heterocycles. The number of nitrogens with zero attached hydrogens (tertiary/aromatic N) is 2. The predicted molar refractivity (Wildman–Crippen MR) is 74.8 cm³/mol. The molecular formula is C14H18N2O2S. The molecule has 1 N–H and O–H groups in total. The van der Waals surface area contributed by atoms with Crippen LogP contribution in [-0.2, 0) is 18.8 Å². The van der Waals surface area contributed by atoms with Crippen LogP contribution in [0.3, 0.4) is 0 Å². The molecule has 19 heavy (non-hydrogen) atoms. The number of aromatic nitrogens is 2. The van der Waals surface area contributed by atoms with Gasteiger partial charge < -0.3 is 9.63 Å². The van der Waals surface area contributed by atoms with Gasteiger partial charge >= 0.3 is 0 Å². The highest BCUT2D eigenvalue weighted by Gasteiger charge is 2.06. The van der Waals surface area contributed by atoms with Crippen LogP contribution >= 0.6 is 11.8 Å². The second-order valence-corrected chi connectivity index (χ2v) is 5.35. The first-order chi connectivity index (χ1) is 9.31. The van der Waals surface area contributed by atoms with E-state index >= 15 is 0 Å². The van der Waals surface area contributed by atoms with Crippen LogP contribution < -0.4 is 0 Å². The lowest BCUT2D eigenvalue weighted by molar-refractivity contribution is 0.282. The van der Waals surface area contributed by atoms with E-state index in [1.807, 2.05) is 24.3 Å². The SMILES string of the molecule is CCCCc1noc(CSc2ccc(CO)cc2)n1. The lowest BCUT2D eigenvalue weighted by Gasteiger charge is -1.99. The van der Waals surface area contributed by atoms with Crippen molar-refractivity contribution in [2.24, 2.45) is 0 Å². The molecule has 2 rings (SSSR count). The Hall–Kier alpha value is -1.33. The van der Waals surface area contributed by atoms with Crippen molar-refractivity contribution in [1.82, 2.24) is 10.1 Å². The molecule has 102 valence electrons. The van der Waals surface area contributed by atoms with Crippen LogP contribution in [0.15, 0.2) is 33.7 Å². The maximum absolute atomic E-state index is 8.97. The second kappa shape index (κ2) is 7.31. The first-order valence-corrected chi connectivity index (χ1v) is 7.44. The van der Waals surface area contributed by atoms with Gasteiger partial charge in [0.25, 0.3) is 0 Å². The Morgan fingerprint density at radius 3 is 2.74 bits per heavy atom. The number of benzene rings is 1. The summed E-state index contributed by atoms with van der Waals surface area (Å²) in [6.07, 6.45) is 3.11. The van der Waals surface area contributed by atoms with E-state index in [2.05, 4.69) is 17.1 Å². The molecule has 0 bridgehead atoms. The normalized spacial score (nSPS) is 10.8. The third-order valence-electron chi connectivity index (χ3n) is 2.73. The standard InChI is InChI=1S/C14H18N2O2S/c1-2-3-4-13-15-14(18-16-13)10-19-12-7-5-11(9-17)6-8-12/h5-8,17H,2-4,9-10H2,1H3. The highest BCUT2D eigenvalue weighted by atomic mass is 32.2. The highest BCUT2D eigenvalue weighted by molar-refractivity contribution is 7.98. The van der Waals surface area contributed by atoms with Crippen molar-refractivity contribution in [3.63, 3.8) is 0 Å². The molecule has 0 fully saturated rings. The predicted octanol–water partition coefficient (Wildman–Crippen LogP) is 3.20. The molecule has 0 aliphatic carbocycles. The topological polar surface area (TPSA) is 59.2 Å². The van der Waals surface area contributed by atoms with E-state index in [1.54, 1.807) is 11.8 Å². The number of hydrogen-bond acceptors (Lipinski definition) is 5. The number of aryl methyl sites for hydroxylation is 1. The summed E-state index contributed by atoms with van der Waals surface area (Å²) in [4.78, 5) is 5.49. The van der Waals surface area contributed by atoms with Crippen molar-refractivity contribution >= 4 is 11.8 Å². The summed E-state index contributed by atoms with van der Waals surface area (Å²) in [5.41, 5.74) is 0.920. The molecule has 0 spiro atoms. The van der Waals surface area contributed by atoms with Gasteiger partial charge in [-0.1, -0.05) is 30.6 Å². The molecule has 1 aromatic carbocycles. The number of unbranched alkanes of at least 4 members (excludes halogenated alkanes) is 1. The highest BCUT2D eigenvalue weighted by Crippen LogP contribution is 2.22. The van der Waals surface area contributed by atoms with Gasteiger partial charge in [0.15, 0.2) is 5.82 Å². The Morgan fingerprint density at radius 2 is 2.05 bits per heavy atom. The number of hydrogen-bond donors (Lipinski definition) is 1. The van der Waals surface area contributed by atoms with Crippen LogP contribution in [0.2, 0.25) is 0 Å². The molecule has 0 aliphatic heterocycles. The van der Waals surface area contributed by atoms with Gasteiger partial charge in [-0.25, -0.2) is 0 Å². The fourth-order valence-corrected chi connectivity index (χ4v) is 2.36. The molecule has 4 nitrogen and oxygen atoms in total. The van der Waals surface area contributed by atoms with Crippen LogP contribution in [-0.4, -0.2) is 15.2 Å². The second-order valence-electron chi connectivity index (χ2n) is 4.30. The van der Waals surface area contributed by atoms with Crippen LogP contribution in [0.4, 0.5) is 0 Å². The van der Waals surface area contributed by atoms with Crippen molar-refractivity contribution in [1.29, 1.82) is 0 Å². The van der Waals surface area contributed by atoms with Crippen molar-refractivity contribution < 1.29 is 9.63 Å². The zero-order chi connectivity index (χ0) is 13.5. The van der Waals surface area contributed by atoms with Crippen LogP contribution in [0.5, 0.6) is 0 Å². The van der Waals surface area contributed by atoms with Gasteiger partial charge in [0.1, 0.15) is 0 Å². The van der Waals surface area contributed by atoms with E-state index in [9.17, 15) is 0 Å². The average molecular weight is 278 g/mol. The minimum atomic E-state index is 0.0788. The summed E-state index contributed by atoms with van der Waals surface area (Å²) in [7, 11) is 0. The maximum Gasteiger partial charge on any atom is 0.237 e. The molecule has 1 heterocycles.